The number of hydrogen-bond donors (Lipinski definition) is 1. The van der Waals surface area contributed by atoms with E-state index in [2.05, 4.69) is 5.32 Å². The summed E-state index contributed by atoms with van der Waals surface area (Å²) in [7, 11) is 0. The molecule has 0 amide bonds. The SMILES string of the molecule is Fc1ccc(CNC2CC2)cc1COCCCC(F)(F)F. The minimum atomic E-state index is -4.16. The molecule has 6 heteroatoms. The molecular formula is C15H19F4NO. The highest BCUT2D eigenvalue weighted by Gasteiger charge is 2.26. The lowest BCUT2D eigenvalue weighted by Gasteiger charge is -2.09. The Morgan fingerprint density at radius 2 is 2.00 bits per heavy atom. The maximum atomic E-state index is 13.6. The molecule has 2 nitrogen and oxygen atoms in total. The predicted molar refractivity (Wildman–Crippen MR) is 71.2 cm³/mol. The molecule has 0 unspecified atom stereocenters. The molecule has 21 heavy (non-hydrogen) atoms. The zero-order valence-electron chi connectivity index (χ0n) is 11.7. The molecule has 0 spiro atoms. The van der Waals surface area contributed by atoms with Gasteiger partial charge in [0.1, 0.15) is 5.82 Å². The average Bonchev–Trinajstić information content (AvgIpc) is 3.21. The van der Waals surface area contributed by atoms with Crippen molar-refractivity contribution < 1.29 is 22.3 Å². The van der Waals surface area contributed by atoms with Crippen LogP contribution in [0.3, 0.4) is 0 Å². The van der Waals surface area contributed by atoms with E-state index in [9.17, 15) is 17.6 Å². The molecule has 1 aliphatic rings. The third-order valence-corrected chi connectivity index (χ3v) is 3.29. The van der Waals surface area contributed by atoms with E-state index in [4.69, 9.17) is 4.74 Å². The highest BCUT2D eigenvalue weighted by atomic mass is 19.4. The van der Waals surface area contributed by atoms with Crippen LogP contribution in [-0.4, -0.2) is 18.8 Å². The Morgan fingerprint density at radius 3 is 2.67 bits per heavy atom. The lowest BCUT2D eigenvalue weighted by atomic mass is 10.1. The van der Waals surface area contributed by atoms with Gasteiger partial charge in [-0.15, -0.1) is 0 Å². The fourth-order valence-corrected chi connectivity index (χ4v) is 1.96. The molecule has 1 aliphatic carbocycles. The van der Waals surface area contributed by atoms with Gasteiger partial charge in [0.05, 0.1) is 6.61 Å². The van der Waals surface area contributed by atoms with Crippen LogP contribution < -0.4 is 5.32 Å². The highest BCUT2D eigenvalue weighted by molar-refractivity contribution is 5.24. The summed E-state index contributed by atoms with van der Waals surface area (Å²) in [4.78, 5) is 0. The largest absolute Gasteiger partial charge is 0.389 e. The minimum absolute atomic E-state index is 0.000951. The van der Waals surface area contributed by atoms with Gasteiger partial charge in [0.25, 0.3) is 0 Å². The fourth-order valence-electron chi connectivity index (χ4n) is 1.96. The van der Waals surface area contributed by atoms with Gasteiger partial charge in [-0.2, -0.15) is 13.2 Å². The van der Waals surface area contributed by atoms with Crippen molar-refractivity contribution in [3.8, 4) is 0 Å². The maximum Gasteiger partial charge on any atom is 0.389 e. The third-order valence-electron chi connectivity index (χ3n) is 3.29. The van der Waals surface area contributed by atoms with Crippen molar-refractivity contribution >= 4 is 0 Å². The van der Waals surface area contributed by atoms with E-state index in [0.29, 0.717) is 18.2 Å². The first-order valence-corrected chi connectivity index (χ1v) is 7.09. The molecule has 0 radical (unpaired) electrons. The number of alkyl halides is 3. The van der Waals surface area contributed by atoms with Gasteiger partial charge in [-0.3, -0.25) is 0 Å². The molecule has 0 aromatic heterocycles. The summed E-state index contributed by atoms with van der Waals surface area (Å²) in [5.74, 6) is -0.388. The maximum absolute atomic E-state index is 13.6. The van der Waals surface area contributed by atoms with Crippen LogP contribution in [0.5, 0.6) is 0 Å². The van der Waals surface area contributed by atoms with Gasteiger partial charge in [-0.25, -0.2) is 4.39 Å². The summed E-state index contributed by atoms with van der Waals surface area (Å²) >= 11 is 0. The predicted octanol–water partition coefficient (Wildman–Crippen LogP) is 3.94. The lowest BCUT2D eigenvalue weighted by molar-refractivity contribution is -0.138. The summed E-state index contributed by atoms with van der Waals surface area (Å²) in [6.07, 6.45) is -2.79. The molecule has 1 aromatic rings. The zero-order valence-corrected chi connectivity index (χ0v) is 11.7. The van der Waals surface area contributed by atoms with Crippen LogP contribution in [0.4, 0.5) is 17.6 Å². The van der Waals surface area contributed by atoms with Crippen molar-refractivity contribution in [2.75, 3.05) is 6.61 Å². The number of hydrogen-bond acceptors (Lipinski definition) is 2. The van der Waals surface area contributed by atoms with E-state index in [1.54, 1.807) is 12.1 Å². The Bertz CT molecular complexity index is 457. The van der Waals surface area contributed by atoms with Gasteiger partial charge >= 0.3 is 6.18 Å². The zero-order chi connectivity index (χ0) is 15.3. The van der Waals surface area contributed by atoms with Crippen molar-refractivity contribution in [2.45, 2.75) is 51.1 Å². The van der Waals surface area contributed by atoms with Crippen molar-refractivity contribution in [2.24, 2.45) is 0 Å². The molecular weight excluding hydrogens is 286 g/mol. The second-order valence-electron chi connectivity index (χ2n) is 5.35. The van der Waals surface area contributed by atoms with Crippen molar-refractivity contribution in [3.63, 3.8) is 0 Å². The fraction of sp³-hybridized carbons (Fsp3) is 0.600. The number of nitrogens with one attached hydrogen (secondary N) is 1. The van der Waals surface area contributed by atoms with E-state index < -0.39 is 12.6 Å². The second-order valence-corrected chi connectivity index (χ2v) is 5.35. The van der Waals surface area contributed by atoms with Crippen LogP contribution in [0.2, 0.25) is 0 Å². The third kappa shape index (κ3) is 6.44. The molecule has 0 heterocycles. The van der Waals surface area contributed by atoms with Crippen molar-refractivity contribution in [1.29, 1.82) is 0 Å². The molecule has 1 fully saturated rings. The Labute approximate surface area is 121 Å². The normalized spacial score (nSPS) is 15.4. The van der Waals surface area contributed by atoms with Crippen molar-refractivity contribution in [1.82, 2.24) is 5.32 Å². The van der Waals surface area contributed by atoms with E-state index in [1.807, 2.05) is 0 Å². The molecule has 2 rings (SSSR count). The minimum Gasteiger partial charge on any atom is -0.377 e. The van der Waals surface area contributed by atoms with Gasteiger partial charge < -0.3 is 10.1 Å². The number of rotatable bonds is 8. The summed E-state index contributed by atoms with van der Waals surface area (Å²) in [6.45, 7) is 0.649. The smallest absolute Gasteiger partial charge is 0.377 e. The first-order valence-electron chi connectivity index (χ1n) is 7.09. The molecule has 1 N–H and O–H groups in total. The molecule has 0 aliphatic heterocycles. The molecule has 118 valence electrons. The first kappa shape index (κ1) is 16.2. The number of ether oxygens (including phenoxy) is 1. The summed E-state index contributed by atoms with van der Waals surface area (Å²) in [6, 6.07) is 5.35. The van der Waals surface area contributed by atoms with Crippen LogP contribution in [0.1, 0.15) is 36.8 Å². The van der Waals surface area contributed by atoms with Crippen molar-refractivity contribution in [3.05, 3.63) is 35.1 Å². The van der Waals surface area contributed by atoms with Crippen LogP contribution in [0, 0.1) is 5.82 Å². The monoisotopic (exact) mass is 305 g/mol. The van der Waals surface area contributed by atoms with Gasteiger partial charge in [0, 0.05) is 31.2 Å². The van der Waals surface area contributed by atoms with Crippen LogP contribution >= 0.6 is 0 Å². The van der Waals surface area contributed by atoms with Gasteiger partial charge in [-0.05, 0) is 37.0 Å². The topological polar surface area (TPSA) is 21.3 Å². The highest BCUT2D eigenvalue weighted by Crippen LogP contribution is 2.22. The van der Waals surface area contributed by atoms with Crippen LogP contribution in [0.25, 0.3) is 0 Å². The number of benzene rings is 1. The Balaban J connectivity index is 1.74. The van der Waals surface area contributed by atoms with Crippen LogP contribution in [-0.2, 0) is 17.9 Å². The summed E-state index contributed by atoms with van der Waals surface area (Å²) in [5, 5.41) is 3.32. The Morgan fingerprint density at radius 1 is 1.24 bits per heavy atom. The molecule has 0 atom stereocenters. The lowest BCUT2D eigenvalue weighted by Crippen LogP contribution is -2.15. The van der Waals surface area contributed by atoms with E-state index in [0.717, 1.165) is 5.56 Å². The summed E-state index contributed by atoms with van der Waals surface area (Å²) in [5.41, 5.74) is 1.34. The van der Waals surface area contributed by atoms with E-state index >= 15 is 0 Å². The van der Waals surface area contributed by atoms with E-state index in [-0.39, 0.29) is 25.5 Å². The van der Waals surface area contributed by atoms with Gasteiger partial charge in [0.2, 0.25) is 0 Å². The quantitative estimate of drug-likeness (QED) is 0.580. The number of halogens is 4. The molecule has 0 bridgehead atoms. The first-order chi connectivity index (χ1) is 9.94. The summed E-state index contributed by atoms with van der Waals surface area (Å²) < 4.78 is 54.6. The van der Waals surface area contributed by atoms with Gasteiger partial charge in [-0.1, -0.05) is 6.07 Å². The second kappa shape index (κ2) is 7.22. The Hall–Kier alpha value is -1.14. The van der Waals surface area contributed by atoms with Crippen LogP contribution in [0.15, 0.2) is 18.2 Å². The molecule has 1 saturated carbocycles. The molecule has 0 saturated heterocycles. The Kier molecular flexibility index (Phi) is 5.58. The standard InChI is InChI=1S/C15H19F4NO/c16-14-5-2-11(9-20-13-3-4-13)8-12(14)10-21-7-1-6-15(17,18)19/h2,5,8,13,20H,1,3-4,6-7,9-10H2. The van der Waals surface area contributed by atoms with Gasteiger partial charge in [0.15, 0.2) is 0 Å². The molecule has 1 aromatic carbocycles. The van der Waals surface area contributed by atoms with E-state index in [1.165, 1.54) is 18.9 Å². The average molecular weight is 305 g/mol.